The van der Waals surface area contributed by atoms with Crippen LogP contribution < -0.4 is 0 Å². The quantitative estimate of drug-likeness (QED) is 0.794. The van der Waals surface area contributed by atoms with E-state index in [9.17, 15) is 9.59 Å². The Morgan fingerprint density at radius 1 is 1.05 bits per heavy atom. The number of aromatic nitrogens is 1. The minimum atomic E-state index is -0.644. The van der Waals surface area contributed by atoms with E-state index in [1.54, 1.807) is 51.4 Å². The first kappa shape index (κ1) is 15.0. The summed E-state index contributed by atoms with van der Waals surface area (Å²) < 4.78 is 10.1. The summed E-state index contributed by atoms with van der Waals surface area (Å²) in [4.78, 5) is 28.2. The molecule has 1 aromatic carbocycles. The van der Waals surface area contributed by atoms with E-state index in [1.807, 2.05) is 0 Å². The summed E-state index contributed by atoms with van der Waals surface area (Å²) in [5, 5.41) is 1.56. The van der Waals surface area contributed by atoms with Gasteiger partial charge >= 0.3 is 11.9 Å². The number of rotatable bonds is 2. The van der Waals surface area contributed by atoms with Crippen molar-refractivity contribution >= 4 is 22.7 Å². The highest BCUT2D eigenvalue weighted by molar-refractivity contribution is 6.07. The molecule has 0 amide bonds. The summed E-state index contributed by atoms with van der Waals surface area (Å²) in [5.74, 6) is -1.14. The van der Waals surface area contributed by atoms with Crippen molar-refractivity contribution < 1.29 is 19.1 Å². The fourth-order valence-electron chi connectivity index (χ4n) is 1.92. The first-order chi connectivity index (χ1) is 9.81. The third kappa shape index (κ3) is 3.37. The van der Waals surface area contributed by atoms with Gasteiger partial charge in [-0.25, -0.2) is 9.59 Å². The van der Waals surface area contributed by atoms with Crippen LogP contribution in [0.1, 0.15) is 41.5 Å². The number of carbonyl (C=O) groups excluding carboxylic acids is 2. The van der Waals surface area contributed by atoms with Gasteiger partial charge in [-0.3, -0.25) is 4.98 Å². The molecule has 0 unspecified atom stereocenters. The van der Waals surface area contributed by atoms with Gasteiger partial charge in [0.15, 0.2) is 0 Å². The highest BCUT2D eigenvalue weighted by Gasteiger charge is 2.24. The van der Waals surface area contributed by atoms with E-state index >= 15 is 0 Å². The number of esters is 2. The maximum absolute atomic E-state index is 12.3. The van der Waals surface area contributed by atoms with Crippen molar-refractivity contribution in [2.45, 2.75) is 26.4 Å². The zero-order valence-electron chi connectivity index (χ0n) is 12.5. The van der Waals surface area contributed by atoms with E-state index in [1.165, 1.54) is 7.11 Å². The van der Waals surface area contributed by atoms with Crippen LogP contribution >= 0.6 is 0 Å². The van der Waals surface area contributed by atoms with E-state index in [0.29, 0.717) is 0 Å². The van der Waals surface area contributed by atoms with E-state index in [4.69, 9.17) is 9.47 Å². The van der Waals surface area contributed by atoms with Crippen molar-refractivity contribution in [3.63, 3.8) is 0 Å². The Balaban J connectivity index is 2.58. The van der Waals surface area contributed by atoms with Crippen LogP contribution in [-0.2, 0) is 9.47 Å². The van der Waals surface area contributed by atoms with Crippen LogP contribution in [0.3, 0.4) is 0 Å². The van der Waals surface area contributed by atoms with Crippen molar-refractivity contribution in [3.8, 4) is 0 Å². The Labute approximate surface area is 122 Å². The average Bonchev–Trinajstić information content (AvgIpc) is 2.43. The minimum absolute atomic E-state index is 0.178. The van der Waals surface area contributed by atoms with Gasteiger partial charge in [0.05, 0.1) is 18.2 Å². The third-order valence-corrected chi connectivity index (χ3v) is 2.80. The summed E-state index contributed by atoms with van der Waals surface area (Å²) >= 11 is 0. The Hall–Kier alpha value is -2.43. The number of benzene rings is 1. The van der Waals surface area contributed by atoms with Crippen molar-refractivity contribution in [1.82, 2.24) is 4.98 Å². The molecule has 110 valence electrons. The molecule has 0 radical (unpaired) electrons. The molecular formula is C16H17NO4. The number of ether oxygens (including phenoxy) is 2. The van der Waals surface area contributed by atoms with Crippen molar-refractivity contribution in [2.75, 3.05) is 7.11 Å². The molecule has 0 saturated heterocycles. The molecule has 21 heavy (non-hydrogen) atoms. The molecule has 5 heteroatoms. The van der Waals surface area contributed by atoms with Crippen LogP contribution in [0, 0.1) is 0 Å². The number of methoxy groups -OCH3 is 1. The van der Waals surface area contributed by atoms with Gasteiger partial charge in [-0.15, -0.1) is 0 Å². The highest BCUT2D eigenvalue weighted by Crippen LogP contribution is 2.22. The fraction of sp³-hybridized carbons (Fsp3) is 0.312. The molecule has 5 nitrogen and oxygen atoms in total. The number of hydrogen-bond acceptors (Lipinski definition) is 5. The lowest BCUT2D eigenvalue weighted by atomic mass is 10.0. The van der Waals surface area contributed by atoms with Crippen LogP contribution in [0.5, 0.6) is 0 Å². The van der Waals surface area contributed by atoms with Gasteiger partial charge in [0.25, 0.3) is 0 Å². The van der Waals surface area contributed by atoms with E-state index in [0.717, 1.165) is 10.8 Å². The monoisotopic (exact) mass is 287 g/mol. The molecule has 0 saturated carbocycles. The van der Waals surface area contributed by atoms with Crippen LogP contribution in [0.4, 0.5) is 0 Å². The molecule has 0 atom stereocenters. The number of hydrogen-bond donors (Lipinski definition) is 0. The highest BCUT2D eigenvalue weighted by atomic mass is 16.6. The molecule has 0 aliphatic rings. The topological polar surface area (TPSA) is 65.5 Å². The first-order valence-corrected chi connectivity index (χ1v) is 6.51. The molecule has 1 heterocycles. The van der Waals surface area contributed by atoms with Crippen LogP contribution in [-0.4, -0.2) is 29.6 Å². The zero-order chi connectivity index (χ0) is 15.6. The predicted molar refractivity (Wildman–Crippen MR) is 78.3 cm³/mol. The summed E-state index contributed by atoms with van der Waals surface area (Å²) in [6.07, 6.45) is 3.25. The summed E-state index contributed by atoms with van der Waals surface area (Å²) in [7, 11) is 1.28. The normalized spacial score (nSPS) is 11.2. The standard InChI is InChI=1S/C16H17NO4/c1-16(2,3)21-15(19)13-8-11-9-17-6-5-10(11)7-12(13)14(18)20-4/h5-9H,1-4H3. The number of nitrogens with zero attached hydrogens (tertiary/aromatic N) is 1. The van der Waals surface area contributed by atoms with Gasteiger partial charge in [-0.05, 0) is 44.4 Å². The van der Waals surface area contributed by atoms with Crippen LogP contribution in [0.15, 0.2) is 30.6 Å². The minimum Gasteiger partial charge on any atom is -0.465 e. The third-order valence-electron chi connectivity index (χ3n) is 2.80. The van der Waals surface area contributed by atoms with Gasteiger partial charge in [0.2, 0.25) is 0 Å². The molecule has 0 spiro atoms. The SMILES string of the molecule is COC(=O)c1cc2ccncc2cc1C(=O)OC(C)(C)C. The maximum atomic E-state index is 12.3. The lowest BCUT2D eigenvalue weighted by Crippen LogP contribution is -2.25. The van der Waals surface area contributed by atoms with Crippen molar-refractivity contribution in [2.24, 2.45) is 0 Å². The largest absolute Gasteiger partial charge is 0.465 e. The maximum Gasteiger partial charge on any atom is 0.339 e. The molecule has 0 aliphatic carbocycles. The van der Waals surface area contributed by atoms with E-state index in [2.05, 4.69) is 4.98 Å². The van der Waals surface area contributed by atoms with Gasteiger partial charge < -0.3 is 9.47 Å². The lowest BCUT2D eigenvalue weighted by Gasteiger charge is -2.20. The summed E-state index contributed by atoms with van der Waals surface area (Å²) in [6.45, 7) is 5.31. The number of fused-ring (bicyclic) bond motifs is 1. The molecule has 0 fully saturated rings. The molecule has 0 aliphatic heterocycles. The van der Waals surface area contributed by atoms with E-state index < -0.39 is 17.5 Å². The second-order valence-electron chi connectivity index (χ2n) is 5.61. The molecule has 0 N–H and O–H groups in total. The number of pyridine rings is 1. The Morgan fingerprint density at radius 3 is 2.29 bits per heavy atom. The molecule has 0 bridgehead atoms. The van der Waals surface area contributed by atoms with Gasteiger partial charge in [-0.2, -0.15) is 0 Å². The predicted octanol–water partition coefficient (Wildman–Crippen LogP) is 2.98. The summed E-state index contributed by atoms with van der Waals surface area (Å²) in [6, 6.07) is 4.98. The Morgan fingerprint density at radius 2 is 1.67 bits per heavy atom. The fourth-order valence-corrected chi connectivity index (χ4v) is 1.92. The average molecular weight is 287 g/mol. The summed E-state index contributed by atoms with van der Waals surface area (Å²) in [5.41, 5.74) is -0.281. The Kier molecular flexibility index (Phi) is 3.93. The van der Waals surface area contributed by atoms with Crippen molar-refractivity contribution in [3.05, 3.63) is 41.7 Å². The van der Waals surface area contributed by atoms with Crippen LogP contribution in [0.25, 0.3) is 10.8 Å². The van der Waals surface area contributed by atoms with Crippen molar-refractivity contribution in [1.29, 1.82) is 0 Å². The van der Waals surface area contributed by atoms with E-state index in [-0.39, 0.29) is 11.1 Å². The molecule has 2 rings (SSSR count). The molecule has 2 aromatic rings. The second kappa shape index (κ2) is 5.52. The molecular weight excluding hydrogens is 270 g/mol. The second-order valence-corrected chi connectivity index (χ2v) is 5.61. The smallest absolute Gasteiger partial charge is 0.339 e. The molecule has 1 aromatic heterocycles. The van der Waals surface area contributed by atoms with Gasteiger partial charge in [0, 0.05) is 17.8 Å². The van der Waals surface area contributed by atoms with Crippen LogP contribution in [0.2, 0.25) is 0 Å². The zero-order valence-corrected chi connectivity index (χ0v) is 12.5. The number of carbonyl (C=O) groups is 2. The van der Waals surface area contributed by atoms with Gasteiger partial charge in [0.1, 0.15) is 5.60 Å². The lowest BCUT2D eigenvalue weighted by molar-refractivity contribution is 0.00655. The Bertz CT molecular complexity index is 701. The van der Waals surface area contributed by atoms with Gasteiger partial charge in [-0.1, -0.05) is 0 Å². The first-order valence-electron chi connectivity index (χ1n) is 6.51.